The molecule has 2 saturated heterocycles. The Balaban J connectivity index is 0.00000341. The molecule has 2 fully saturated rings. The number of nitrogens with zero attached hydrogens (tertiary/aromatic N) is 3. The largest absolute Gasteiger partial charge is 0.497 e. The van der Waals surface area contributed by atoms with Crippen molar-refractivity contribution < 1.29 is 9.47 Å². The van der Waals surface area contributed by atoms with Crippen LogP contribution in [0, 0.1) is 0 Å². The monoisotopic (exact) mass is 545 g/mol. The lowest BCUT2D eigenvalue weighted by Gasteiger charge is -2.29. The molecule has 2 aliphatic heterocycles. The van der Waals surface area contributed by atoms with E-state index >= 15 is 0 Å². The van der Waals surface area contributed by atoms with Gasteiger partial charge in [-0.1, -0.05) is 12.1 Å². The van der Waals surface area contributed by atoms with Gasteiger partial charge in [-0.2, -0.15) is 0 Å². The number of hydrogen-bond acceptors (Lipinski definition) is 5. The summed E-state index contributed by atoms with van der Waals surface area (Å²) in [6, 6.07) is 9.37. The van der Waals surface area contributed by atoms with Crippen molar-refractivity contribution in [3.63, 3.8) is 0 Å². The van der Waals surface area contributed by atoms with E-state index in [1.807, 2.05) is 7.05 Å². The van der Waals surface area contributed by atoms with Crippen LogP contribution in [0.5, 0.6) is 5.75 Å². The summed E-state index contributed by atoms with van der Waals surface area (Å²) in [7, 11) is 5.34. The number of halogens is 1. The highest BCUT2D eigenvalue weighted by molar-refractivity contribution is 14.0. The first-order valence-electron chi connectivity index (χ1n) is 11.3. The molecular weight excluding hydrogens is 505 g/mol. The minimum atomic E-state index is 0. The first kappa shape index (κ1) is 26.2. The zero-order valence-corrected chi connectivity index (χ0v) is 21.6. The van der Waals surface area contributed by atoms with Crippen molar-refractivity contribution in [2.75, 3.05) is 67.1 Å². The lowest BCUT2D eigenvalue weighted by Crippen LogP contribution is -2.47. The van der Waals surface area contributed by atoms with Crippen LogP contribution in [0.2, 0.25) is 0 Å². The number of rotatable bonds is 10. The molecule has 2 atom stereocenters. The van der Waals surface area contributed by atoms with E-state index in [0.717, 1.165) is 57.6 Å². The molecule has 0 saturated carbocycles. The highest BCUT2D eigenvalue weighted by Gasteiger charge is 2.25. The topological polar surface area (TPSA) is 61.4 Å². The van der Waals surface area contributed by atoms with E-state index in [1.54, 1.807) is 14.2 Å². The Morgan fingerprint density at radius 2 is 1.84 bits per heavy atom. The van der Waals surface area contributed by atoms with Gasteiger partial charge in [0.2, 0.25) is 0 Å². The molecule has 0 radical (unpaired) electrons. The quantitative estimate of drug-likeness (QED) is 0.268. The van der Waals surface area contributed by atoms with Crippen LogP contribution in [-0.4, -0.2) is 88.9 Å². The van der Waals surface area contributed by atoms with Crippen molar-refractivity contribution in [2.24, 2.45) is 4.99 Å². The lowest BCUT2D eigenvalue weighted by atomic mass is 10.1. The van der Waals surface area contributed by atoms with Crippen LogP contribution in [0.4, 0.5) is 0 Å². The van der Waals surface area contributed by atoms with Crippen molar-refractivity contribution in [3.8, 4) is 5.75 Å². The number of aliphatic imine (C=N–C) groups is 1. The van der Waals surface area contributed by atoms with Crippen LogP contribution < -0.4 is 15.4 Å². The number of benzene rings is 1. The Morgan fingerprint density at radius 1 is 1.10 bits per heavy atom. The molecule has 0 spiro atoms. The van der Waals surface area contributed by atoms with Gasteiger partial charge in [0.1, 0.15) is 5.75 Å². The SMILES string of the molecule is CN=C(NCC1CCCN1CCOC)NCC(c1ccc(OC)cc1)N1CCCC1.I. The van der Waals surface area contributed by atoms with Crippen LogP contribution in [0.25, 0.3) is 0 Å². The summed E-state index contributed by atoms with van der Waals surface area (Å²) in [6.07, 6.45) is 5.05. The number of nitrogens with one attached hydrogen (secondary N) is 2. The van der Waals surface area contributed by atoms with Gasteiger partial charge in [0.05, 0.1) is 19.8 Å². The minimum absolute atomic E-state index is 0. The summed E-state index contributed by atoms with van der Waals surface area (Å²) in [4.78, 5) is 9.57. The molecule has 31 heavy (non-hydrogen) atoms. The molecule has 7 nitrogen and oxygen atoms in total. The van der Waals surface area contributed by atoms with Gasteiger partial charge in [0.25, 0.3) is 0 Å². The number of hydrogen-bond donors (Lipinski definition) is 2. The third kappa shape index (κ3) is 7.76. The molecule has 0 bridgehead atoms. The predicted octanol–water partition coefficient (Wildman–Crippen LogP) is 2.73. The zero-order valence-electron chi connectivity index (χ0n) is 19.3. The zero-order chi connectivity index (χ0) is 21.2. The second-order valence-electron chi connectivity index (χ2n) is 8.19. The van der Waals surface area contributed by atoms with Crippen molar-refractivity contribution >= 4 is 29.9 Å². The average Bonchev–Trinajstić information content (AvgIpc) is 3.47. The van der Waals surface area contributed by atoms with Gasteiger partial charge in [0, 0.05) is 39.8 Å². The molecule has 3 rings (SSSR count). The van der Waals surface area contributed by atoms with Crippen molar-refractivity contribution in [1.29, 1.82) is 0 Å². The highest BCUT2D eigenvalue weighted by atomic mass is 127. The Hall–Kier alpha value is -1.10. The van der Waals surface area contributed by atoms with E-state index in [4.69, 9.17) is 9.47 Å². The molecule has 176 valence electrons. The fraction of sp³-hybridized carbons (Fsp3) is 0.696. The van der Waals surface area contributed by atoms with E-state index in [1.165, 1.54) is 31.2 Å². The van der Waals surface area contributed by atoms with Crippen molar-refractivity contribution in [3.05, 3.63) is 29.8 Å². The summed E-state index contributed by atoms with van der Waals surface area (Å²) < 4.78 is 10.6. The maximum absolute atomic E-state index is 5.33. The Morgan fingerprint density at radius 3 is 2.48 bits per heavy atom. The molecule has 2 aliphatic rings. The van der Waals surface area contributed by atoms with E-state index in [2.05, 4.69) is 49.7 Å². The second-order valence-corrected chi connectivity index (χ2v) is 8.19. The van der Waals surface area contributed by atoms with Gasteiger partial charge < -0.3 is 20.1 Å². The number of guanidine groups is 1. The standard InChI is InChI=1S/C23H39N5O2.HI/c1-24-23(25-17-20-7-6-14-27(20)15-16-29-2)26-18-22(28-12-4-5-13-28)19-8-10-21(30-3)11-9-19;/h8-11,20,22H,4-7,12-18H2,1-3H3,(H2,24,25,26);1H. The molecule has 0 aliphatic carbocycles. The number of likely N-dealkylation sites (tertiary alicyclic amines) is 2. The van der Waals surface area contributed by atoms with E-state index in [-0.39, 0.29) is 24.0 Å². The van der Waals surface area contributed by atoms with Crippen LogP contribution in [0.1, 0.15) is 37.3 Å². The molecule has 1 aromatic carbocycles. The number of methoxy groups -OCH3 is 2. The van der Waals surface area contributed by atoms with E-state index in [0.29, 0.717) is 12.1 Å². The molecule has 1 aromatic rings. The molecule has 2 N–H and O–H groups in total. The number of ether oxygens (including phenoxy) is 2. The minimum Gasteiger partial charge on any atom is -0.497 e. The fourth-order valence-corrected chi connectivity index (χ4v) is 4.59. The van der Waals surface area contributed by atoms with Gasteiger partial charge in [0.15, 0.2) is 5.96 Å². The van der Waals surface area contributed by atoms with Gasteiger partial charge in [-0.05, 0) is 63.0 Å². The summed E-state index contributed by atoms with van der Waals surface area (Å²) in [5.41, 5.74) is 1.32. The first-order chi connectivity index (χ1) is 14.7. The molecular formula is C23H40IN5O2. The van der Waals surface area contributed by atoms with Crippen molar-refractivity contribution in [1.82, 2.24) is 20.4 Å². The Bertz CT molecular complexity index is 652. The summed E-state index contributed by atoms with van der Waals surface area (Å²) >= 11 is 0. The van der Waals surface area contributed by atoms with Crippen LogP contribution in [0.3, 0.4) is 0 Å². The predicted molar refractivity (Wildman–Crippen MR) is 138 cm³/mol. The van der Waals surface area contributed by atoms with Crippen LogP contribution in [-0.2, 0) is 4.74 Å². The summed E-state index contributed by atoms with van der Waals surface area (Å²) in [5, 5.41) is 7.13. The normalized spacial score (nSPS) is 21.0. The maximum Gasteiger partial charge on any atom is 0.191 e. The lowest BCUT2D eigenvalue weighted by molar-refractivity contribution is 0.141. The van der Waals surface area contributed by atoms with E-state index < -0.39 is 0 Å². The van der Waals surface area contributed by atoms with Crippen molar-refractivity contribution in [2.45, 2.75) is 37.8 Å². The first-order valence-corrected chi connectivity index (χ1v) is 11.3. The second kappa shape index (κ2) is 14.1. The third-order valence-electron chi connectivity index (χ3n) is 6.36. The van der Waals surface area contributed by atoms with E-state index in [9.17, 15) is 0 Å². The summed E-state index contributed by atoms with van der Waals surface area (Å²) in [6.45, 7) is 7.02. The molecule has 2 unspecified atom stereocenters. The van der Waals surface area contributed by atoms with Gasteiger partial charge in [-0.3, -0.25) is 14.8 Å². The average molecular weight is 546 g/mol. The van der Waals surface area contributed by atoms with Crippen LogP contribution in [0.15, 0.2) is 29.3 Å². The molecule has 8 heteroatoms. The van der Waals surface area contributed by atoms with Gasteiger partial charge in [-0.25, -0.2) is 0 Å². The molecule has 0 aromatic heterocycles. The molecule has 0 amide bonds. The van der Waals surface area contributed by atoms with Crippen LogP contribution >= 0.6 is 24.0 Å². The van der Waals surface area contributed by atoms with Gasteiger partial charge in [-0.15, -0.1) is 24.0 Å². The summed E-state index contributed by atoms with van der Waals surface area (Å²) in [5.74, 6) is 1.78. The molecule has 2 heterocycles. The Kier molecular flexibility index (Phi) is 11.9. The smallest absolute Gasteiger partial charge is 0.191 e. The maximum atomic E-state index is 5.33. The highest BCUT2D eigenvalue weighted by Crippen LogP contribution is 2.26. The fourth-order valence-electron chi connectivity index (χ4n) is 4.59. The van der Waals surface area contributed by atoms with Gasteiger partial charge >= 0.3 is 0 Å². The third-order valence-corrected chi connectivity index (χ3v) is 6.36. The Labute approximate surface area is 205 Å².